The van der Waals surface area contributed by atoms with Crippen LogP contribution in [0.4, 0.5) is 0 Å². The van der Waals surface area contributed by atoms with Gasteiger partial charge < -0.3 is 4.57 Å². The van der Waals surface area contributed by atoms with Crippen LogP contribution in [-0.2, 0) is 0 Å². The molecule has 0 fully saturated rings. The van der Waals surface area contributed by atoms with Crippen LogP contribution in [0.1, 0.15) is 0 Å². The third kappa shape index (κ3) is 4.93. The molecule has 12 rings (SSSR count). The van der Waals surface area contributed by atoms with E-state index in [-0.39, 0.29) is 0 Å². The smallest absolute Gasteiger partial charge is 0.235 e. The van der Waals surface area contributed by atoms with Crippen LogP contribution >= 0.6 is 11.3 Å². The molecule has 5 heteroatoms. The predicted molar refractivity (Wildman–Crippen MR) is 240 cm³/mol. The highest BCUT2D eigenvalue weighted by molar-refractivity contribution is 7.18. The molecule has 0 amide bonds. The number of rotatable bonds is 5. The third-order valence-corrected chi connectivity index (χ3v) is 12.4. The van der Waals surface area contributed by atoms with Crippen molar-refractivity contribution in [3.8, 4) is 45.1 Å². The van der Waals surface area contributed by atoms with Gasteiger partial charge in [0.1, 0.15) is 0 Å². The van der Waals surface area contributed by atoms with Crippen molar-refractivity contribution in [1.82, 2.24) is 19.1 Å². The number of thiophene rings is 1. The van der Waals surface area contributed by atoms with Gasteiger partial charge in [-0.05, 0) is 76.0 Å². The van der Waals surface area contributed by atoms with Crippen LogP contribution in [0.2, 0.25) is 0 Å². The second-order valence-electron chi connectivity index (χ2n) is 14.6. The number of hydrogen-bond acceptors (Lipinski definition) is 3. The number of benzene rings is 8. The lowest BCUT2D eigenvalue weighted by atomic mass is 9.99. The van der Waals surface area contributed by atoms with Gasteiger partial charge in [-0.2, -0.15) is 0 Å². The van der Waals surface area contributed by atoms with Crippen LogP contribution in [0.25, 0.3) is 110 Å². The summed E-state index contributed by atoms with van der Waals surface area (Å²) in [7, 11) is 0. The van der Waals surface area contributed by atoms with Gasteiger partial charge in [0.25, 0.3) is 0 Å². The van der Waals surface area contributed by atoms with E-state index in [9.17, 15) is 0 Å². The molecule has 0 saturated heterocycles. The van der Waals surface area contributed by atoms with E-state index in [1.807, 2.05) is 0 Å². The Bertz CT molecular complexity index is 3510. The van der Waals surface area contributed by atoms with E-state index in [0.717, 1.165) is 49.3 Å². The molecule has 0 aliphatic rings. The van der Waals surface area contributed by atoms with E-state index in [1.165, 1.54) is 54.5 Å². The molecule has 0 aliphatic heterocycles. The van der Waals surface area contributed by atoms with Crippen molar-refractivity contribution >= 4 is 75.9 Å². The van der Waals surface area contributed by atoms with Crippen LogP contribution in [0.15, 0.2) is 193 Å². The maximum absolute atomic E-state index is 5.45. The Morgan fingerprint density at radius 3 is 1.77 bits per heavy atom. The summed E-state index contributed by atoms with van der Waals surface area (Å²) in [4.78, 5) is 10.9. The van der Waals surface area contributed by atoms with Gasteiger partial charge in [0.15, 0.2) is 0 Å². The van der Waals surface area contributed by atoms with Gasteiger partial charge in [-0.1, -0.05) is 140 Å². The lowest BCUT2D eigenvalue weighted by Gasteiger charge is -2.11. The van der Waals surface area contributed by atoms with Gasteiger partial charge >= 0.3 is 0 Å². The minimum atomic E-state index is 0.662. The molecule has 266 valence electrons. The van der Waals surface area contributed by atoms with Gasteiger partial charge in [0, 0.05) is 43.7 Å². The van der Waals surface area contributed by atoms with Crippen molar-refractivity contribution in [1.29, 1.82) is 0 Å². The molecule has 0 bridgehead atoms. The van der Waals surface area contributed by atoms with E-state index >= 15 is 0 Å². The zero-order chi connectivity index (χ0) is 37.5. The normalized spacial score (nSPS) is 11.9. The summed E-state index contributed by atoms with van der Waals surface area (Å²) < 4.78 is 5.73. The molecule has 0 N–H and O–H groups in total. The summed E-state index contributed by atoms with van der Waals surface area (Å²) in [5, 5.41) is 9.49. The Morgan fingerprint density at radius 2 is 1.00 bits per heavy atom. The zero-order valence-electron chi connectivity index (χ0n) is 30.7. The summed E-state index contributed by atoms with van der Waals surface area (Å²) in [5.74, 6) is 0.662. The summed E-state index contributed by atoms with van der Waals surface area (Å²) in [5.41, 5.74) is 13.3. The molecule has 0 unspecified atom stereocenters. The number of aromatic nitrogens is 4. The Kier molecular flexibility index (Phi) is 7.06. The molecule has 0 aliphatic carbocycles. The van der Waals surface area contributed by atoms with Gasteiger partial charge in [0.05, 0.1) is 38.0 Å². The van der Waals surface area contributed by atoms with Crippen molar-refractivity contribution in [2.75, 3.05) is 0 Å². The molecule has 57 heavy (non-hydrogen) atoms. The summed E-state index contributed by atoms with van der Waals surface area (Å²) in [6.07, 6.45) is 0. The molecular weight excluding hydrogens is 713 g/mol. The van der Waals surface area contributed by atoms with Crippen molar-refractivity contribution in [3.05, 3.63) is 193 Å². The van der Waals surface area contributed by atoms with E-state index in [2.05, 4.69) is 203 Å². The third-order valence-electron chi connectivity index (χ3n) is 11.4. The minimum Gasteiger partial charge on any atom is -0.309 e. The number of hydrogen-bond donors (Lipinski definition) is 0. The van der Waals surface area contributed by atoms with Crippen LogP contribution in [0.3, 0.4) is 0 Å². The van der Waals surface area contributed by atoms with Crippen molar-refractivity contribution < 1.29 is 0 Å². The molecule has 4 aromatic heterocycles. The molecule has 4 nitrogen and oxygen atoms in total. The molecule has 12 aromatic rings. The van der Waals surface area contributed by atoms with Crippen LogP contribution < -0.4 is 0 Å². The number of fused-ring (bicyclic) bond motifs is 9. The van der Waals surface area contributed by atoms with Gasteiger partial charge in [-0.15, -0.1) is 11.3 Å². The summed E-state index contributed by atoms with van der Waals surface area (Å²) in [6.45, 7) is 0. The Labute approximate surface area is 332 Å². The highest BCUT2D eigenvalue weighted by Crippen LogP contribution is 2.43. The van der Waals surface area contributed by atoms with Gasteiger partial charge in [0.2, 0.25) is 5.95 Å². The second-order valence-corrected chi connectivity index (χ2v) is 15.5. The summed E-state index contributed by atoms with van der Waals surface area (Å²) in [6, 6.07) is 67.4. The first kappa shape index (κ1) is 32.0. The van der Waals surface area contributed by atoms with E-state index in [4.69, 9.17) is 9.97 Å². The van der Waals surface area contributed by atoms with Crippen molar-refractivity contribution in [3.63, 3.8) is 0 Å². The molecule has 0 radical (unpaired) electrons. The van der Waals surface area contributed by atoms with E-state index < -0.39 is 0 Å². The maximum atomic E-state index is 5.45. The van der Waals surface area contributed by atoms with E-state index in [0.29, 0.717) is 5.95 Å². The Balaban J connectivity index is 1.12. The first-order chi connectivity index (χ1) is 28.3. The first-order valence-electron chi connectivity index (χ1n) is 19.2. The standard InChI is InChI=1S/C52H32N4S/c1-4-14-33(15-5-1)43-32-57-51-49(35-17-6-2-7-18-35)53-52(54-50(43)51)56-46-28-26-37(31-42(46)48-39-21-11-10-16-34(39)24-29-47(48)56)36-25-27-45-41(30-36)40-22-12-13-23-44(40)55(45)38-19-8-3-9-20-38/h1-32H. The molecule has 0 spiro atoms. The second kappa shape index (κ2) is 12.6. The number of para-hydroxylation sites is 2. The quantitative estimate of drug-likeness (QED) is 0.176. The Hall–Kier alpha value is -7.34. The zero-order valence-corrected chi connectivity index (χ0v) is 31.5. The van der Waals surface area contributed by atoms with E-state index in [1.54, 1.807) is 11.3 Å². The van der Waals surface area contributed by atoms with Gasteiger partial charge in [-0.25, -0.2) is 9.97 Å². The first-order valence-corrected chi connectivity index (χ1v) is 20.1. The lowest BCUT2D eigenvalue weighted by Crippen LogP contribution is -2.03. The fraction of sp³-hybridized carbons (Fsp3) is 0. The fourth-order valence-electron chi connectivity index (χ4n) is 8.81. The Morgan fingerprint density at radius 1 is 0.404 bits per heavy atom. The fourth-order valence-corrected chi connectivity index (χ4v) is 9.84. The molecule has 0 atom stereocenters. The van der Waals surface area contributed by atoms with Gasteiger partial charge in [-0.3, -0.25) is 4.57 Å². The molecule has 4 heterocycles. The van der Waals surface area contributed by atoms with Crippen molar-refractivity contribution in [2.24, 2.45) is 0 Å². The average Bonchev–Trinajstić information content (AvgIpc) is 3.97. The highest BCUT2D eigenvalue weighted by atomic mass is 32.1. The SMILES string of the molecule is c1ccc(-c2csc3c(-c4ccccc4)nc(-n4c5ccc(-c6ccc7c(c6)c6ccccc6n7-c6ccccc6)cc5c5c6ccccc6ccc54)nc23)cc1. The largest absolute Gasteiger partial charge is 0.309 e. The molecule has 0 saturated carbocycles. The summed E-state index contributed by atoms with van der Waals surface area (Å²) >= 11 is 1.71. The highest BCUT2D eigenvalue weighted by Gasteiger charge is 2.22. The van der Waals surface area contributed by atoms with Crippen LogP contribution in [0, 0.1) is 0 Å². The molecular formula is C52H32N4S. The van der Waals surface area contributed by atoms with Crippen molar-refractivity contribution in [2.45, 2.75) is 0 Å². The topological polar surface area (TPSA) is 35.6 Å². The van der Waals surface area contributed by atoms with Crippen LogP contribution in [-0.4, -0.2) is 19.1 Å². The molecule has 8 aromatic carbocycles. The average molecular weight is 745 g/mol. The minimum absolute atomic E-state index is 0.662. The predicted octanol–water partition coefficient (Wildman–Crippen LogP) is 14.0. The van der Waals surface area contributed by atoms with Crippen LogP contribution in [0.5, 0.6) is 0 Å². The lowest BCUT2D eigenvalue weighted by molar-refractivity contribution is 1.02. The maximum Gasteiger partial charge on any atom is 0.235 e. The monoisotopic (exact) mass is 744 g/mol. The number of nitrogens with zero attached hydrogens (tertiary/aromatic N) is 4.